The number of carbonyl (C=O) groups excluding carboxylic acids is 1. The van der Waals surface area contributed by atoms with E-state index in [0.717, 1.165) is 24.7 Å². The van der Waals surface area contributed by atoms with Gasteiger partial charge in [-0.15, -0.1) is 0 Å². The first-order chi connectivity index (χ1) is 5.72. The fourth-order valence-corrected chi connectivity index (χ4v) is 1.28. The Morgan fingerprint density at radius 3 is 3.08 bits per heavy atom. The van der Waals surface area contributed by atoms with Crippen LogP contribution in [0, 0.1) is 5.92 Å². The van der Waals surface area contributed by atoms with Crippen molar-refractivity contribution in [2.24, 2.45) is 5.92 Å². The molecule has 1 aliphatic carbocycles. The molecule has 0 aromatic heterocycles. The summed E-state index contributed by atoms with van der Waals surface area (Å²) in [6.07, 6.45) is 9.01. The van der Waals surface area contributed by atoms with Crippen LogP contribution >= 0.6 is 0 Å². The van der Waals surface area contributed by atoms with Crippen molar-refractivity contribution in [2.75, 3.05) is 0 Å². The third-order valence-corrected chi connectivity index (χ3v) is 1.89. The van der Waals surface area contributed by atoms with Crippen LogP contribution in [-0.4, -0.2) is 6.29 Å². The van der Waals surface area contributed by atoms with Gasteiger partial charge in [-0.25, -0.2) is 0 Å². The van der Waals surface area contributed by atoms with E-state index >= 15 is 0 Å². The third kappa shape index (κ3) is 2.50. The minimum Gasteiger partial charge on any atom is -0.303 e. The first-order valence-electron chi connectivity index (χ1n) is 4.22. The van der Waals surface area contributed by atoms with Gasteiger partial charge < -0.3 is 4.79 Å². The fraction of sp³-hybridized carbons (Fsp3) is 0.364. The van der Waals surface area contributed by atoms with E-state index in [0.29, 0.717) is 0 Å². The van der Waals surface area contributed by atoms with Gasteiger partial charge in [0.05, 0.1) is 0 Å². The van der Waals surface area contributed by atoms with E-state index in [-0.39, 0.29) is 5.92 Å². The van der Waals surface area contributed by atoms with Crippen LogP contribution in [0.2, 0.25) is 0 Å². The van der Waals surface area contributed by atoms with Crippen molar-refractivity contribution in [1.29, 1.82) is 0 Å². The van der Waals surface area contributed by atoms with Crippen molar-refractivity contribution in [3.05, 3.63) is 36.0 Å². The van der Waals surface area contributed by atoms with Crippen molar-refractivity contribution >= 4 is 6.29 Å². The summed E-state index contributed by atoms with van der Waals surface area (Å²) >= 11 is 0. The average molecular weight is 162 g/mol. The van der Waals surface area contributed by atoms with Crippen LogP contribution in [0.15, 0.2) is 36.0 Å². The second-order valence-electron chi connectivity index (χ2n) is 3.30. The molecule has 0 radical (unpaired) electrons. The maximum atomic E-state index is 10.4. The molecule has 0 aliphatic heterocycles. The lowest BCUT2D eigenvalue weighted by Gasteiger charge is -2.09. The van der Waals surface area contributed by atoms with Crippen molar-refractivity contribution in [2.45, 2.75) is 19.8 Å². The summed E-state index contributed by atoms with van der Waals surface area (Å²) in [7, 11) is 0. The maximum Gasteiger partial charge on any atom is 0.123 e. The predicted molar refractivity (Wildman–Crippen MR) is 50.8 cm³/mol. The zero-order valence-electron chi connectivity index (χ0n) is 7.42. The van der Waals surface area contributed by atoms with Crippen molar-refractivity contribution in [1.82, 2.24) is 0 Å². The van der Waals surface area contributed by atoms with Gasteiger partial charge in [0.25, 0.3) is 0 Å². The number of carbonyl (C=O) groups is 1. The normalized spacial score (nSPS) is 18.8. The lowest BCUT2D eigenvalue weighted by atomic mass is 9.96. The molecule has 0 aromatic carbocycles. The molecule has 0 aromatic rings. The van der Waals surface area contributed by atoms with Crippen LogP contribution in [-0.2, 0) is 4.79 Å². The molecule has 64 valence electrons. The smallest absolute Gasteiger partial charge is 0.123 e. The van der Waals surface area contributed by atoms with E-state index in [1.54, 1.807) is 0 Å². The van der Waals surface area contributed by atoms with Gasteiger partial charge in [-0.2, -0.15) is 0 Å². The Morgan fingerprint density at radius 1 is 1.75 bits per heavy atom. The lowest BCUT2D eigenvalue weighted by molar-refractivity contribution is -0.110. The molecule has 1 unspecified atom stereocenters. The predicted octanol–water partition coefficient (Wildman–Crippen LogP) is 2.65. The topological polar surface area (TPSA) is 17.1 Å². The molecule has 1 aliphatic rings. The van der Waals surface area contributed by atoms with Crippen LogP contribution in [0.1, 0.15) is 19.8 Å². The molecule has 0 heterocycles. The minimum absolute atomic E-state index is 0.117. The van der Waals surface area contributed by atoms with Crippen LogP contribution < -0.4 is 0 Å². The summed E-state index contributed by atoms with van der Waals surface area (Å²) < 4.78 is 0. The van der Waals surface area contributed by atoms with Crippen LogP contribution in [0.3, 0.4) is 0 Å². The van der Waals surface area contributed by atoms with Gasteiger partial charge in [0.2, 0.25) is 0 Å². The molecule has 0 saturated heterocycles. The molecule has 0 saturated carbocycles. The maximum absolute atomic E-state index is 10.4. The van der Waals surface area contributed by atoms with E-state index in [2.05, 4.69) is 24.8 Å². The summed E-state index contributed by atoms with van der Waals surface area (Å²) in [5.74, 6) is 0.117. The summed E-state index contributed by atoms with van der Waals surface area (Å²) in [5.41, 5.74) is 2.34. The van der Waals surface area contributed by atoms with Gasteiger partial charge in [0.15, 0.2) is 0 Å². The Morgan fingerprint density at radius 2 is 2.50 bits per heavy atom. The largest absolute Gasteiger partial charge is 0.303 e. The zero-order chi connectivity index (χ0) is 8.97. The van der Waals surface area contributed by atoms with Gasteiger partial charge in [-0.05, 0) is 18.4 Å². The van der Waals surface area contributed by atoms with E-state index in [1.165, 1.54) is 5.57 Å². The first kappa shape index (κ1) is 8.98. The van der Waals surface area contributed by atoms with Gasteiger partial charge in [0.1, 0.15) is 6.29 Å². The Kier molecular flexibility index (Phi) is 3.03. The van der Waals surface area contributed by atoms with E-state index < -0.39 is 0 Å². The lowest BCUT2D eigenvalue weighted by Crippen LogP contribution is -1.98. The monoisotopic (exact) mass is 162 g/mol. The quantitative estimate of drug-likeness (QED) is 0.583. The molecule has 0 fully saturated rings. The number of aldehydes is 1. The minimum atomic E-state index is 0.117. The molecule has 1 nitrogen and oxygen atoms in total. The fourth-order valence-electron chi connectivity index (χ4n) is 1.28. The summed E-state index contributed by atoms with van der Waals surface area (Å²) in [6.45, 7) is 5.81. The van der Waals surface area contributed by atoms with Gasteiger partial charge in [-0.3, -0.25) is 0 Å². The van der Waals surface area contributed by atoms with Gasteiger partial charge in [0, 0.05) is 5.92 Å². The molecule has 1 rings (SSSR count). The number of hydrogen-bond acceptors (Lipinski definition) is 1. The molecule has 12 heavy (non-hydrogen) atoms. The standard InChI is InChI=1S/C11H14O/c1-9-4-3-5-11(6-9)7-10(2)8-12/h3,5-6,8,10H,1,4,7H2,2H3. The highest BCUT2D eigenvalue weighted by atomic mass is 16.1. The summed E-state index contributed by atoms with van der Waals surface area (Å²) in [6, 6.07) is 0. The molecular formula is C11H14O. The zero-order valence-corrected chi connectivity index (χ0v) is 7.42. The van der Waals surface area contributed by atoms with E-state index in [4.69, 9.17) is 0 Å². The molecular weight excluding hydrogens is 148 g/mol. The summed E-state index contributed by atoms with van der Waals surface area (Å²) in [5, 5.41) is 0. The molecule has 1 atom stereocenters. The highest BCUT2D eigenvalue weighted by Gasteiger charge is 2.04. The number of rotatable bonds is 3. The number of hydrogen-bond donors (Lipinski definition) is 0. The first-order valence-corrected chi connectivity index (χ1v) is 4.22. The van der Waals surface area contributed by atoms with Crippen molar-refractivity contribution in [3.8, 4) is 0 Å². The Labute approximate surface area is 73.5 Å². The molecule has 0 spiro atoms. The highest BCUT2D eigenvalue weighted by molar-refractivity contribution is 5.54. The van der Waals surface area contributed by atoms with E-state index in [9.17, 15) is 4.79 Å². The average Bonchev–Trinajstić information content (AvgIpc) is 2.04. The Bertz CT molecular complexity index is 246. The molecule has 0 N–H and O–H groups in total. The molecule has 1 heteroatoms. The van der Waals surface area contributed by atoms with Crippen LogP contribution in [0.5, 0.6) is 0 Å². The molecule has 0 amide bonds. The number of allylic oxidation sites excluding steroid dienone is 5. The van der Waals surface area contributed by atoms with Crippen molar-refractivity contribution < 1.29 is 4.79 Å². The Hall–Kier alpha value is -1.11. The van der Waals surface area contributed by atoms with E-state index in [1.807, 2.05) is 6.92 Å². The second kappa shape index (κ2) is 4.05. The highest BCUT2D eigenvalue weighted by Crippen LogP contribution is 2.19. The third-order valence-electron chi connectivity index (χ3n) is 1.89. The van der Waals surface area contributed by atoms with Gasteiger partial charge >= 0.3 is 0 Å². The second-order valence-corrected chi connectivity index (χ2v) is 3.30. The Balaban J connectivity index is 2.57. The van der Waals surface area contributed by atoms with Crippen LogP contribution in [0.4, 0.5) is 0 Å². The van der Waals surface area contributed by atoms with Crippen LogP contribution in [0.25, 0.3) is 0 Å². The SMILES string of the molecule is C=C1C=C(CC(C)C=O)C=CC1. The van der Waals surface area contributed by atoms with Gasteiger partial charge in [-0.1, -0.05) is 37.3 Å². The van der Waals surface area contributed by atoms with Crippen molar-refractivity contribution in [3.63, 3.8) is 0 Å². The summed E-state index contributed by atoms with van der Waals surface area (Å²) in [4.78, 5) is 10.4. The molecule has 0 bridgehead atoms.